The molecule has 4 nitrogen and oxygen atoms in total. The first kappa shape index (κ1) is 8.29. The zero-order valence-corrected chi connectivity index (χ0v) is 8.29. The number of hydrogen-bond donors (Lipinski definition) is 2. The molecule has 4 heteroatoms. The molecule has 14 heavy (non-hydrogen) atoms. The first-order valence-electron chi connectivity index (χ1n) is 5.21. The molecule has 0 bridgehead atoms. The van der Waals surface area contributed by atoms with Gasteiger partial charge in [0.2, 0.25) is 0 Å². The second-order valence-electron chi connectivity index (χ2n) is 4.31. The predicted molar refractivity (Wildman–Crippen MR) is 53.1 cm³/mol. The highest BCUT2D eigenvalue weighted by molar-refractivity contribution is 5.22. The number of nitrogens with one attached hydrogen (secondary N) is 2. The summed E-state index contributed by atoms with van der Waals surface area (Å²) in [5.41, 5.74) is 0. The quantitative estimate of drug-likeness (QED) is 0.747. The van der Waals surface area contributed by atoms with Crippen molar-refractivity contribution >= 4 is 6.01 Å². The van der Waals surface area contributed by atoms with Crippen LogP contribution in [0.4, 0.5) is 6.01 Å². The van der Waals surface area contributed by atoms with Crippen molar-refractivity contribution in [2.24, 2.45) is 17.8 Å². The van der Waals surface area contributed by atoms with Crippen LogP contribution in [0.25, 0.3) is 0 Å². The van der Waals surface area contributed by atoms with E-state index in [-0.39, 0.29) is 0 Å². The van der Waals surface area contributed by atoms with Crippen LogP contribution in [0.15, 0.2) is 10.6 Å². The molecule has 1 saturated carbocycles. The van der Waals surface area contributed by atoms with E-state index in [1.165, 1.54) is 13.1 Å². The summed E-state index contributed by atoms with van der Waals surface area (Å²) in [5, 5.41) is 6.64. The Hall–Kier alpha value is -1.03. The summed E-state index contributed by atoms with van der Waals surface area (Å²) in [6.45, 7) is 5.31. The van der Waals surface area contributed by atoms with E-state index < -0.39 is 0 Å². The van der Waals surface area contributed by atoms with E-state index in [9.17, 15) is 0 Å². The average molecular weight is 193 g/mol. The number of oxazole rings is 1. The van der Waals surface area contributed by atoms with Crippen LogP contribution >= 0.6 is 0 Å². The van der Waals surface area contributed by atoms with Gasteiger partial charge in [0.05, 0.1) is 6.20 Å². The second-order valence-corrected chi connectivity index (χ2v) is 4.31. The van der Waals surface area contributed by atoms with E-state index in [0.717, 1.165) is 30.1 Å². The molecule has 1 saturated heterocycles. The number of anilines is 1. The maximum absolute atomic E-state index is 5.35. The first-order valence-corrected chi connectivity index (χ1v) is 5.21. The molecule has 2 unspecified atom stereocenters. The minimum Gasteiger partial charge on any atom is -0.429 e. The molecule has 76 valence electrons. The normalized spacial score (nSPS) is 34.2. The summed E-state index contributed by atoms with van der Waals surface area (Å²) in [5.74, 6) is 3.51. The molecule has 2 N–H and O–H groups in total. The Kier molecular flexibility index (Phi) is 1.77. The lowest BCUT2D eigenvalue weighted by Crippen LogP contribution is -2.18. The monoisotopic (exact) mass is 193 g/mol. The van der Waals surface area contributed by atoms with Crippen LogP contribution in [-0.4, -0.2) is 24.6 Å². The summed E-state index contributed by atoms with van der Waals surface area (Å²) in [6.07, 6.45) is 1.75. The van der Waals surface area contributed by atoms with Gasteiger partial charge in [-0.05, 0) is 37.8 Å². The number of hydrogen-bond acceptors (Lipinski definition) is 4. The third-order valence-corrected chi connectivity index (χ3v) is 3.38. The Morgan fingerprint density at radius 1 is 1.57 bits per heavy atom. The van der Waals surface area contributed by atoms with Crippen molar-refractivity contribution in [1.29, 1.82) is 0 Å². The molecule has 0 aromatic carbocycles. The SMILES string of the molecule is Cc1cnc(NCC2C3CNCC32)o1. The van der Waals surface area contributed by atoms with Gasteiger partial charge in [0.15, 0.2) is 0 Å². The van der Waals surface area contributed by atoms with E-state index in [1.54, 1.807) is 6.20 Å². The van der Waals surface area contributed by atoms with E-state index in [4.69, 9.17) is 4.42 Å². The molecule has 1 aromatic rings. The van der Waals surface area contributed by atoms with Gasteiger partial charge in [-0.1, -0.05) is 0 Å². The van der Waals surface area contributed by atoms with Crippen LogP contribution in [0.3, 0.4) is 0 Å². The van der Waals surface area contributed by atoms with Gasteiger partial charge in [-0.15, -0.1) is 0 Å². The van der Waals surface area contributed by atoms with E-state index >= 15 is 0 Å². The number of nitrogens with zero attached hydrogens (tertiary/aromatic N) is 1. The van der Waals surface area contributed by atoms with Crippen molar-refractivity contribution in [1.82, 2.24) is 10.3 Å². The van der Waals surface area contributed by atoms with Crippen LogP contribution in [0, 0.1) is 24.7 Å². The Bertz CT molecular complexity index is 326. The topological polar surface area (TPSA) is 50.1 Å². The molecule has 0 radical (unpaired) electrons. The number of rotatable bonds is 3. The Morgan fingerprint density at radius 2 is 2.36 bits per heavy atom. The van der Waals surface area contributed by atoms with Gasteiger partial charge >= 0.3 is 0 Å². The van der Waals surface area contributed by atoms with Crippen LogP contribution in [0.1, 0.15) is 5.76 Å². The minimum atomic E-state index is 0.667. The van der Waals surface area contributed by atoms with Crippen LogP contribution in [0.5, 0.6) is 0 Å². The maximum atomic E-state index is 5.35. The third-order valence-electron chi connectivity index (χ3n) is 3.38. The molecule has 3 rings (SSSR count). The molecular formula is C10H15N3O. The standard InChI is InChI=1S/C10H15N3O/c1-6-2-12-10(14-6)13-5-9-7-3-11-4-8(7)9/h2,7-9,11H,3-5H2,1H3,(H,12,13). The van der Waals surface area contributed by atoms with Crippen molar-refractivity contribution in [2.45, 2.75) is 6.92 Å². The molecule has 0 spiro atoms. The Balaban J connectivity index is 1.51. The zero-order chi connectivity index (χ0) is 9.54. The summed E-state index contributed by atoms with van der Waals surface area (Å²) in [7, 11) is 0. The number of fused-ring (bicyclic) bond motifs is 1. The second kappa shape index (κ2) is 2.98. The van der Waals surface area contributed by atoms with Gasteiger partial charge in [0.1, 0.15) is 5.76 Å². The number of aromatic nitrogens is 1. The highest BCUT2D eigenvalue weighted by Gasteiger charge is 2.52. The average Bonchev–Trinajstić information content (AvgIpc) is 2.59. The molecule has 2 atom stereocenters. The van der Waals surface area contributed by atoms with Gasteiger partial charge in [0.25, 0.3) is 6.01 Å². The molecule has 0 amide bonds. The smallest absolute Gasteiger partial charge is 0.294 e. The highest BCUT2D eigenvalue weighted by atomic mass is 16.4. The fourth-order valence-corrected chi connectivity index (χ4v) is 2.49. The predicted octanol–water partition coefficient (Wildman–Crippen LogP) is 0.860. The van der Waals surface area contributed by atoms with Crippen molar-refractivity contribution in [3.8, 4) is 0 Å². The van der Waals surface area contributed by atoms with E-state index in [0.29, 0.717) is 6.01 Å². The number of piperidine rings is 1. The first-order chi connectivity index (χ1) is 6.84. The molecular weight excluding hydrogens is 178 g/mol. The van der Waals surface area contributed by atoms with E-state index in [1.807, 2.05) is 6.92 Å². The minimum absolute atomic E-state index is 0.667. The summed E-state index contributed by atoms with van der Waals surface area (Å²) < 4.78 is 5.35. The molecule has 1 aromatic heterocycles. The molecule has 2 fully saturated rings. The Labute approximate surface area is 83.1 Å². The lowest BCUT2D eigenvalue weighted by atomic mass is 10.3. The van der Waals surface area contributed by atoms with Gasteiger partial charge in [-0.25, -0.2) is 4.98 Å². The summed E-state index contributed by atoms with van der Waals surface area (Å²) in [6, 6.07) is 0.667. The zero-order valence-electron chi connectivity index (χ0n) is 8.29. The molecule has 2 aliphatic rings. The van der Waals surface area contributed by atoms with Gasteiger partial charge in [-0.2, -0.15) is 0 Å². The Morgan fingerprint density at radius 3 is 3.00 bits per heavy atom. The van der Waals surface area contributed by atoms with Gasteiger partial charge in [0, 0.05) is 6.54 Å². The highest BCUT2D eigenvalue weighted by Crippen LogP contribution is 2.48. The van der Waals surface area contributed by atoms with Crippen molar-refractivity contribution in [3.63, 3.8) is 0 Å². The van der Waals surface area contributed by atoms with Gasteiger partial charge in [-0.3, -0.25) is 0 Å². The van der Waals surface area contributed by atoms with Crippen molar-refractivity contribution < 1.29 is 4.42 Å². The third kappa shape index (κ3) is 1.30. The van der Waals surface area contributed by atoms with Crippen LogP contribution in [0.2, 0.25) is 0 Å². The summed E-state index contributed by atoms with van der Waals surface area (Å²) in [4.78, 5) is 4.12. The molecule has 1 aliphatic carbocycles. The van der Waals surface area contributed by atoms with Crippen LogP contribution in [-0.2, 0) is 0 Å². The summed E-state index contributed by atoms with van der Waals surface area (Å²) >= 11 is 0. The van der Waals surface area contributed by atoms with Crippen molar-refractivity contribution in [3.05, 3.63) is 12.0 Å². The fourth-order valence-electron chi connectivity index (χ4n) is 2.49. The lowest BCUT2D eigenvalue weighted by Gasteiger charge is -2.04. The molecule has 2 heterocycles. The molecule has 1 aliphatic heterocycles. The maximum Gasteiger partial charge on any atom is 0.294 e. The van der Waals surface area contributed by atoms with Crippen molar-refractivity contribution in [2.75, 3.05) is 25.0 Å². The van der Waals surface area contributed by atoms with E-state index in [2.05, 4.69) is 15.6 Å². The lowest BCUT2D eigenvalue weighted by molar-refractivity contribution is 0.532. The largest absolute Gasteiger partial charge is 0.429 e. The van der Waals surface area contributed by atoms with Crippen LogP contribution < -0.4 is 10.6 Å². The fraction of sp³-hybridized carbons (Fsp3) is 0.700. The van der Waals surface area contributed by atoms with Gasteiger partial charge < -0.3 is 15.1 Å². The number of aryl methyl sites for hydroxylation is 1.